The maximum Gasteiger partial charge on any atom is 0.165 e. The van der Waals surface area contributed by atoms with Crippen LogP contribution in [-0.4, -0.2) is 10.1 Å². The van der Waals surface area contributed by atoms with Crippen molar-refractivity contribution < 1.29 is 9.50 Å². The Bertz CT molecular complexity index is 513. The topological polar surface area (TPSA) is 33.1 Å². The number of aryl methyl sites for hydroxylation is 1. The number of rotatable bonds is 0. The molecule has 0 fully saturated rings. The van der Waals surface area contributed by atoms with Crippen molar-refractivity contribution in [3.63, 3.8) is 0 Å². The lowest BCUT2D eigenvalue weighted by Crippen LogP contribution is -1.86. The van der Waals surface area contributed by atoms with Crippen molar-refractivity contribution in [3.8, 4) is 5.75 Å². The number of pyridine rings is 1. The summed E-state index contributed by atoms with van der Waals surface area (Å²) in [4.78, 5) is 4.13. The number of nitrogens with zero attached hydrogens (tertiary/aromatic N) is 1. The monoisotopic (exact) mass is 211 g/mol. The van der Waals surface area contributed by atoms with E-state index in [1.54, 1.807) is 13.0 Å². The van der Waals surface area contributed by atoms with E-state index < -0.39 is 11.6 Å². The molecule has 0 aliphatic carbocycles. The van der Waals surface area contributed by atoms with Crippen molar-refractivity contribution in [2.45, 2.75) is 6.92 Å². The first-order valence-electron chi connectivity index (χ1n) is 4.03. The van der Waals surface area contributed by atoms with Gasteiger partial charge in [-0.2, -0.15) is 0 Å². The van der Waals surface area contributed by atoms with Crippen LogP contribution < -0.4 is 0 Å². The predicted octanol–water partition coefficient (Wildman–Crippen LogP) is 3.04. The van der Waals surface area contributed by atoms with Crippen LogP contribution >= 0.6 is 11.6 Å². The van der Waals surface area contributed by atoms with E-state index in [1.165, 1.54) is 12.1 Å². The molecule has 1 N–H and O–H groups in total. The lowest BCUT2D eigenvalue weighted by atomic mass is 10.2. The highest BCUT2D eigenvalue weighted by molar-refractivity contribution is 6.35. The van der Waals surface area contributed by atoms with Crippen molar-refractivity contribution in [1.82, 2.24) is 4.98 Å². The minimum atomic E-state index is -0.690. The van der Waals surface area contributed by atoms with E-state index in [4.69, 9.17) is 16.7 Å². The zero-order chi connectivity index (χ0) is 10.3. The molecule has 0 unspecified atom stereocenters. The van der Waals surface area contributed by atoms with Gasteiger partial charge in [-0.25, -0.2) is 4.39 Å². The quantitative estimate of drug-likeness (QED) is 0.727. The number of phenols is 1. The van der Waals surface area contributed by atoms with Crippen LogP contribution in [0.25, 0.3) is 10.9 Å². The third-order valence-electron chi connectivity index (χ3n) is 1.95. The minimum Gasteiger partial charge on any atom is -0.505 e. The van der Waals surface area contributed by atoms with Gasteiger partial charge in [0.15, 0.2) is 11.6 Å². The molecular formula is C10H7ClFNO. The summed E-state index contributed by atoms with van der Waals surface area (Å²) in [5.74, 6) is -1.10. The highest BCUT2D eigenvalue weighted by Gasteiger charge is 2.07. The highest BCUT2D eigenvalue weighted by atomic mass is 35.5. The van der Waals surface area contributed by atoms with Crippen LogP contribution in [0, 0.1) is 12.7 Å². The molecule has 1 aromatic carbocycles. The number of aromatic hydroxyl groups is 1. The Morgan fingerprint density at radius 2 is 2.07 bits per heavy atom. The van der Waals surface area contributed by atoms with Crippen LogP contribution in [0.4, 0.5) is 4.39 Å². The summed E-state index contributed by atoms with van der Waals surface area (Å²) in [5.41, 5.74) is 1.22. The van der Waals surface area contributed by atoms with Crippen molar-refractivity contribution >= 4 is 22.5 Å². The largest absolute Gasteiger partial charge is 0.505 e. The molecule has 0 saturated carbocycles. The van der Waals surface area contributed by atoms with E-state index >= 15 is 0 Å². The fraction of sp³-hybridized carbons (Fsp3) is 0.100. The summed E-state index contributed by atoms with van der Waals surface area (Å²) in [5, 5.41) is 10.1. The maximum atomic E-state index is 13.0. The van der Waals surface area contributed by atoms with Crippen molar-refractivity contribution in [1.29, 1.82) is 0 Å². The van der Waals surface area contributed by atoms with E-state index in [0.717, 1.165) is 5.69 Å². The third-order valence-corrected chi connectivity index (χ3v) is 2.27. The molecule has 14 heavy (non-hydrogen) atoms. The number of hydrogen-bond donors (Lipinski definition) is 1. The van der Waals surface area contributed by atoms with E-state index in [1.807, 2.05) is 0 Å². The number of benzene rings is 1. The van der Waals surface area contributed by atoms with Gasteiger partial charge in [-0.05, 0) is 19.1 Å². The van der Waals surface area contributed by atoms with Gasteiger partial charge in [0.2, 0.25) is 0 Å². The number of fused-ring (bicyclic) bond motifs is 1. The molecule has 0 aliphatic heterocycles. The lowest BCUT2D eigenvalue weighted by Gasteiger charge is -2.03. The second-order valence-electron chi connectivity index (χ2n) is 3.07. The molecule has 0 spiro atoms. The summed E-state index contributed by atoms with van der Waals surface area (Å²) in [6.07, 6.45) is 0. The second-order valence-corrected chi connectivity index (χ2v) is 3.47. The Balaban J connectivity index is 2.89. The molecule has 0 saturated heterocycles. The molecule has 72 valence electrons. The first kappa shape index (κ1) is 9.21. The first-order valence-corrected chi connectivity index (χ1v) is 4.41. The van der Waals surface area contributed by atoms with Gasteiger partial charge < -0.3 is 5.11 Å². The van der Waals surface area contributed by atoms with Crippen LogP contribution in [0.2, 0.25) is 5.02 Å². The number of phenolic OH excluding ortho intramolecular Hbond substituents is 1. The Kier molecular flexibility index (Phi) is 2.04. The van der Waals surface area contributed by atoms with Gasteiger partial charge in [-0.15, -0.1) is 0 Å². The van der Waals surface area contributed by atoms with Gasteiger partial charge in [0.1, 0.15) is 0 Å². The molecule has 4 heteroatoms. The van der Waals surface area contributed by atoms with Crippen LogP contribution in [-0.2, 0) is 0 Å². The Morgan fingerprint density at radius 1 is 1.36 bits per heavy atom. The van der Waals surface area contributed by atoms with Gasteiger partial charge in [0, 0.05) is 17.1 Å². The van der Waals surface area contributed by atoms with Crippen molar-refractivity contribution in [2.24, 2.45) is 0 Å². The van der Waals surface area contributed by atoms with E-state index in [-0.39, 0.29) is 0 Å². The summed E-state index contributed by atoms with van der Waals surface area (Å²) < 4.78 is 13.0. The minimum absolute atomic E-state index is 0.410. The van der Waals surface area contributed by atoms with Gasteiger partial charge in [-0.1, -0.05) is 11.6 Å². The molecule has 0 aliphatic rings. The van der Waals surface area contributed by atoms with Crippen LogP contribution in [0.5, 0.6) is 5.75 Å². The van der Waals surface area contributed by atoms with Crippen LogP contribution in [0.1, 0.15) is 5.69 Å². The molecule has 2 nitrogen and oxygen atoms in total. The van der Waals surface area contributed by atoms with E-state index in [0.29, 0.717) is 15.9 Å². The molecule has 2 rings (SSSR count). The molecule has 0 amide bonds. The Hall–Kier alpha value is -1.35. The molecule has 0 bridgehead atoms. The van der Waals surface area contributed by atoms with E-state index in [2.05, 4.69) is 4.98 Å². The Labute approximate surface area is 85.0 Å². The van der Waals surface area contributed by atoms with Crippen molar-refractivity contribution in [2.75, 3.05) is 0 Å². The fourth-order valence-corrected chi connectivity index (χ4v) is 1.63. The molecule has 0 radical (unpaired) electrons. The van der Waals surface area contributed by atoms with Crippen LogP contribution in [0.3, 0.4) is 0 Å². The molecule has 0 atom stereocenters. The maximum absolute atomic E-state index is 13.0. The highest BCUT2D eigenvalue weighted by Crippen LogP contribution is 2.28. The van der Waals surface area contributed by atoms with Gasteiger partial charge in [0.25, 0.3) is 0 Å². The molecule has 2 aromatic rings. The lowest BCUT2D eigenvalue weighted by molar-refractivity contribution is 0.433. The second kappa shape index (κ2) is 3.10. The fourth-order valence-electron chi connectivity index (χ4n) is 1.32. The first-order chi connectivity index (χ1) is 6.58. The average molecular weight is 212 g/mol. The number of aromatic nitrogens is 1. The van der Waals surface area contributed by atoms with Gasteiger partial charge >= 0.3 is 0 Å². The van der Waals surface area contributed by atoms with Gasteiger partial charge in [0.05, 0.1) is 10.5 Å². The van der Waals surface area contributed by atoms with Gasteiger partial charge in [-0.3, -0.25) is 4.98 Å². The average Bonchev–Trinajstić information content (AvgIpc) is 2.08. The Morgan fingerprint density at radius 3 is 2.79 bits per heavy atom. The van der Waals surface area contributed by atoms with Crippen LogP contribution in [0.15, 0.2) is 18.2 Å². The third kappa shape index (κ3) is 1.40. The molecule has 1 heterocycles. The molecular weight excluding hydrogens is 205 g/mol. The summed E-state index contributed by atoms with van der Waals surface area (Å²) in [6, 6.07) is 4.10. The number of hydrogen-bond acceptors (Lipinski definition) is 2. The zero-order valence-electron chi connectivity index (χ0n) is 7.38. The van der Waals surface area contributed by atoms with Crippen molar-refractivity contribution in [3.05, 3.63) is 34.7 Å². The predicted molar refractivity (Wildman–Crippen MR) is 53.1 cm³/mol. The zero-order valence-corrected chi connectivity index (χ0v) is 8.14. The SMILES string of the molecule is Cc1cc(Cl)c2cc(F)c(O)cc2n1. The smallest absolute Gasteiger partial charge is 0.165 e. The summed E-state index contributed by atoms with van der Waals surface area (Å²) >= 11 is 5.90. The van der Waals surface area contributed by atoms with E-state index in [9.17, 15) is 4.39 Å². The summed E-state index contributed by atoms with van der Waals surface area (Å²) in [6.45, 7) is 1.78. The molecule has 1 aromatic heterocycles. The normalized spacial score (nSPS) is 10.8. The standard InChI is InChI=1S/C10H7ClFNO/c1-5-2-7(11)6-3-8(12)10(14)4-9(6)13-5/h2-4,14H,1H3. The number of halogens is 2. The summed E-state index contributed by atoms with van der Waals surface area (Å²) in [7, 11) is 0.